The predicted molar refractivity (Wildman–Crippen MR) is 93.1 cm³/mol. The Hall–Kier alpha value is -1.46. The third kappa shape index (κ3) is 4.02. The van der Waals surface area contributed by atoms with Crippen LogP contribution in [0.1, 0.15) is 33.1 Å². The normalized spacial score (nSPS) is 12.3. The van der Waals surface area contributed by atoms with Gasteiger partial charge in [0, 0.05) is 12.1 Å². The predicted octanol–water partition coefficient (Wildman–Crippen LogP) is 4.27. The van der Waals surface area contributed by atoms with Crippen LogP contribution in [0.2, 0.25) is 0 Å². The van der Waals surface area contributed by atoms with E-state index >= 15 is 0 Å². The molecule has 21 heavy (non-hydrogen) atoms. The summed E-state index contributed by atoms with van der Waals surface area (Å²) < 4.78 is 0. The van der Waals surface area contributed by atoms with Gasteiger partial charge in [0.1, 0.15) is 5.78 Å². The van der Waals surface area contributed by atoms with Crippen LogP contribution in [0.3, 0.4) is 0 Å². The molecule has 0 amide bonds. The molecule has 0 heterocycles. The first-order valence-electron chi connectivity index (χ1n) is 7.70. The molecule has 0 aliphatic carbocycles. The Morgan fingerprint density at radius 1 is 0.905 bits per heavy atom. The van der Waals surface area contributed by atoms with E-state index in [-0.39, 0.29) is 5.66 Å². The van der Waals surface area contributed by atoms with Crippen LogP contribution in [-0.2, 0) is 4.79 Å². The minimum Gasteiger partial charge on any atom is -0.299 e. The Bertz CT molecular complexity index is 511. The van der Waals surface area contributed by atoms with Crippen molar-refractivity contribution in [2.45, 2.75) is 38.8 Å². The molecule has 2 aromatic rings. The Labute approximate surface area is 129 Å². The van der Waals surface area contributed by atoms with Crippen LogP contribution in [0.5, 0.6) is 0 Å². The van der Waals surface area contributed by atoms with E-state index in [4.69, 9.17) is 0 Å². The van der Waals surface area contributed by atoms with E-state index in [0.29, 0.717) is 12.2 Å². The summed E-state index contributed by atoms with van der Waals surface area (Å²) in [5.74, 6) is 0.416. The first kappa shape index (κ1) is 15.9. The third-order valence-electron chi connectivity index (χ3n) is 3.64. The zero-order chi connectivity index (χ0) is 15.1. The fourth-order valence-electron chi connectivity index (χ4n) is 2.65. The van der Waals surface area contributed by atoms with E-state index in [1.54, 1.807) is 0 Å². The molecular formula is C19H23OP. The largest absolute Gasteiger partial charge is 0.299 e. The maximum absolute atomic E-state index is 12.6. The fourth-order valence-corrected chi connectivity index (χ4v) is 5.44. The van der Waals surface area contributed by atoms with Crippen LogP contribution in [0.15, 0.2) is 60.7 Å². The summed E-state index contributed by atoms with van der Waals surface area (Å²) in [4.78, 5) is 12.6. The lowest BCUT2D eigenvalue weighted by atomic mass is 10.1. The molecule has 0 radical (unpaired) electrons. The number of Topliss-reactive ketones (excluding diaryl/α,β-unsaturated/α-hetero) is 1. The van der Waals surface area contributed by atoms with Crippen LogP contribution < -0.4 is 10.6 Å². The summed E-state index contributed by atoms with van der Waals surface area (Å²) in [6.07, 6.45) is 2.54. The quantitative estimate of drug-likeness (QED) is 0.698. The Morgan fingerprint density at radius 2 is 1.38 bits per heavy atom. The second kappa shape index (κ2) is 8.10. The van der Waals surface area contributed by atoms with Crippen molar-refractivity contribution in [3.05, 3.63) is 60.7 Å². The molecule has 1 atom stereocenters. The number of benzene rings is 2. The van der Waals surface area contributed by atoms with Gasteiger partial charge in [0.05, 0.1) is 0 Å². The molecule has 110 valence electrons. The van der Waals surface area contributed by atoms with Crippen LogP contribution in [0.25, 0.3) is 0 Å². The van der Waals surface area contributed by atoms with Crippen molar-refractivity contribution in [2.24, 2.45) is 0 Å². The van der Waals surface area contributed by atoms with Crippen molar-refractivity contribution >= 4 is 24.3 Å². The van der Waals surface area contributed by atoms with Gasteiger partial charge >= 0.3 is 0 Å². The number of carbonyl (C=O) groups is 1. The fraction of sp³-hybridized carbons (Fsp3) is 0.316. The van der Waals surface area contributed by atoms with Gasteiger partial charge in [-0.25, -0.2) is 0 Å². The zero-order valence-corrected chi connectivity index (χ0v) is 13.7. The molecule has 1 nitrogen and oxygen atoms in total. The van der Waals surface area contributed by atoms with Gasteiger partial charge in [-0.05, 0) is 31.4 Å². The van der Waals surface area contributed by atoms with Crippen LogP contribution in [-0.4, -0.2) is 11.4 Å². The number of rotatable bonds is 7. The summed E-state index contributed by atoms with van der Waals surface area (Å²) in [6, 6.07) is 21.0. The summed E-state index contributed by atoms with van der Waals surface area (Å²) in [5, 5.41) is 2.60. The maximum Gasteiger partial charge on any atom is 0.140 e. The van der Waals surface area contributed by atoms with E-state index in [1.807, 2.05) is 12.1 Å². The van der Waals surface area contributed by atoms with E-state index in [9.17, 15) is 4.79 Å². The molecule has 0 saturated carbocycles. The maximum atomic E-state index is 12.6. The minimum atomic E-state index is -0.615. The Morgan fingerprint density at radius 3 is 1.76 bits per heavy atom. The number of ketones is 1. The molecule has 0 fully saturated rings. The van der Waals surface area contributed by atoms with Crippen LogP contribution in [0.4, 0.5) is 0 Å². The van der Waals surface area contributed by atoms with Crippen molar-refractivity contribution < 1.29 is 4.79 Å². The third-order valence-corrected chi connectivity index (χ3v) is 6.62. The molecule has 0 unspecified atom stereocenters. The lowest BCUT2D eigenvalue weighted by molar-refractivity contribution is -0.118. The topological polar surface area (TPSA) is 17.1 Å². The smallest absolute Gasteiger partial charge is 0.140 e. The average molecular weight is 298 g/mol. The first-order chi connectivity index (χ1) is 10.3. The molecule has 0 aliphatic heterocycles. The highest BCUT2D eigenvalue weighted by molar-refractivity contribution is 7.74. The lowest BCUT2D eigenvalue weighted by Crippen LogP contribution is -2.27. The van der Waals surface area contributed by atoms with Gasteiger partial charge in [0.25, 0.3) is 0 Å². The van der Waals surface area contributed by atoms with Gasteiger partial charge in [0.2, 0.25) is 0 Å². The molecule has 0 bridgehead atoms. The average Bonchev–Trinajstić information content (AvgIpc) is 2.54. The minimum absolute atomic E-state index is 0.129. The number of hydrogen-bond acceptors (Lipinski definition) is 1. The molecule has 0 aromatic heterocycles. The van der Waals surface area contributed by atoms with Gasteiger partial charge in [-0.2, -0.15) is 0 Å². The van der Waals surface area contributed by atoms with Gasteiger partial charge in [0.15, 0.2) is 0 Å². The van der Waals surface area contributed by atoms with Crippen LogP contribution >= 0.6 is 7.92 Å². The number of hydrogen-bond donors (Lipinski definition) is 0. The SMILES string of the molecule is CCCC(=O)[C@H](CC)P(c1ccccc1)c1ccccc1. The van der Waals surface area contributed by atoms with Crippen molar-refractivity contribution in [3.8, 4) is 0 Å². The second-order valence-electron chi connectivity index (χ2n) is 5.18. The first-order valence-corrected chi connectivity index (χ1v) is 9.11. The highest BCUT2D eigenvalue weighted by Crippen LogP contribution is 2.42. The summed E-state index contributed by atoms with van der Waals surface area (Å²) in [7, 11) is -0.615. The van der Waals surface area contributed by atoms with E-state index in [2.05, 4.69) is 62.4 Å². The Kier molecular flexibility index (Phi) is 6.14. The van der Waals surface area contributed by atoms with Gasteiger partial charge in [-0.1, -0.05) is 74.5 Å². The molecular weight excluding hydrogens is 275 g/mol. The van der Waals surface area contributed by atoms with Crippen molar-refractivity contribution in [1.82, 2.24) is 0 Å². The van der Waals surface area contributed by atoms with E-state index < -0.39 is 7.92 Å². The van der Waals surface area contributed by atoms with E-state index in [1.165, 1.54) is 10.6 Å². The number of carbonyl (C=O) groups excluding carboxylic acids is 1. The molecule has 0 N–H and O–H groups in total. The molecule has 2 aromatic carbocycles. The molecule has 0 saturated heterocycles. The second-order valence-corrected chi connectivity index (χ2v) is 7.58. The Balaban J connectivity index is 2.43. The van der Waals surface area contributed by atoms with Crippen molar-refractivity contribution in [1.29, 1.82) is 0 Å². The molecule has 0 spiro atoms. The van der Waals surface area contributed by atoms with Gasteiger partial charge in [-0.3, -0.25) is 4.79 Å². The highest BCUT2D eigenvalue weighted by atomic mass is 31.1. The van der Waals surface area contributed by atoms with Gasteiger partial charge in [-0.15, -0.1) is 0 Å². The lowest BCUT2D eigenvalue weighted by Gasteiger charge is -2.26. The van der Waals surface area contributed by atoms with Crippen molar-refractivity contribution in [3.63, 3.8) is 0 Å². The standard InChI is InChI=1S/C19H23OP/c1-3-11-18(20)19(4-2)21(16-12-7-5-8-13-16)17-14-9-6-10-15-17/h5-10,12-15,19H,3-4,11H2,1-2H3/t19-/m0/s1. The molecule has 0 aliphatic rings. The highest BCUT2D eigenvalue weighted by Gasteiger charge is 2.28. The van der Waals surface area contributed by atoms with Crippen molar-refractivity contribution in [2.75, 3.05) is 0 Å². The van der Waals surface area contributed by atoms with Crippen LogP contribution in [0, 0.1) is 0 Å². The molecule has 2 heteroatoms. The zero-order valence-electron chi connectivity index (χ0n) is 12.8. The van der Waals surface area contributed by atoms with E-state index in [0.717, 1.165) is 12.8 Å². The summed E-state index contributed by atoms with van der Waals surface area (Å²) in [6.45, 7) is 4.22. The summed E-state index contributed by atoms with van der Waals surface area (Å²) in [5.41, 5.74) is 0.129. The molecule has 2 rings (SSSR count). The van der Waals surface area contributed by atoms with Gasteiger partial charge < -0.3 is 0 Å². The summed E-state index contributed by atoms with van der Waals surface area (Å²) >= 11 is 0. The monoisotopic (exact) mass is 298 g/mol.